The summed E-state index contributed by atoms with van der Waals surface area (Å²) in [5, 5.41) is 12.0. The molecule has 0 amide bonds. The number of hydrogen-bond donors (Lipinski definition) is 2. The van der Waals surface area contributed by atoms with Gasteiger partial charge in [0.05, 0.1) is 35.1 Å². The number of methoxy groups -OCH3 is 1. The van der Waals surface area contributed by atoms with Crippen molar-refractivity contribution in [3.8, 4) is 0 Å². The van der Waals surface area contributed by atoms with Gasteiger partial charge in [0, 0.05) is 10.6 Å². The summed E-state index contributed by atoms with van der Waals surface area (Å²) in [4.78, 5) is 13.2. The number of aryl methyl sites for hydroxylation is 2. The van der Waals surface area contributed by atoms with Crippen molar-refractivity contribution in [1.29, 1.82) is 0 Å². The minimum Gasteiger partial charge on any atom is -0.465 e. The van der Waals surface area contributed by atoms with E-state index in [0.717, 1.165) is 37.6 Å². The van der Waals surface area contributed by atoms with E-state index in [9.17, 15) is 4.79 Å². The number of nitrogens with zero attached hydrogens (tertiary/aromatic N) is 2. The highest BCUT2D eigenvalue weighted by Gasteiger charge is 2.20. The van der Waals surface area contributed by atoms with Crippen LogP contribution < -0.4 is 10.6 Å². The lowest BCUT2D eigenvalue weighted by atomic mass is 10.1. The molecule has 6 nitrogen and oxygen atoms in total. The van der Waals surface area contributed by atoms with Crippen LogP contribution in [0, 0.1) is 27.7 Å². The van der Waals surface area contributed by atoms with E-state index in [1.807, 2.05) is 56.6 Å². The molecule has 3 rings (SSSR count). The number of esters is 1. The molecule has 2 heterocycles. The number of benzene rings is 1. The van der Waals surface area contributed by atoms with E-state index in [-0.39, 0.29) is 5.97 Å². The number of thiophene rings is 1. The van der Waals surface area contributed by atoms with E-state index in [1.165, 1.54) is 18.4 Å². The van der Waals surface area contributed by atoms with Gasteiger partial charge in [0.1, 0.15) is 5.00 Å². The van der Waals surface area contributed by atoms with Crippen molar-refractivity contribution in [2.45, 2.75) is 34.2 Å². The second-order valence-electron chi connectivity index (χ2n) is 6.90. The van der Waals surface area contributed by atoms with Crippen molar-refractivity contribution in [3.05, 3.63) is 61.7 Å². The first kappa shape index (κ1) is 22.5. The lowest BCUT2D eigenvalue weighted by molar-refractivity contribution is 0.0601. The number of carbonyl (C=O) groups is 1. The molecule has 2 aromatic heterocycles. The van der Waals surface area contributed by atoms with Crippen molar-refractivity contribution in [2.24, 2.45) is 0 Å². The molecule has 0 atom stereocenters. The highest BCUT2D eigenvalue weighted by atomic mass is 79.9. The monoisotopic (exact) mass is 506 g/mol. The Balaban J connectivity index is 1.74. The Morgan fingerprint density at radius 2 is 2.00 bits per heavy atom. The third-order valence-electron chi connectivity index (χ3n) is 4.81. The van der Waals surface area contributed by atoms with Crippen molar-refractivity contribution in [3.63, 3.8) is 0 Å². The summed E-state index contributed by atoms with van der Waals surface area (Å²) in [6, 6.07) is 8.00. The molecule has 0 aliphatic carbocycles. The van der Waals surface area contributed by atoms with Crippen LogP contribution in [0.5, 0.6) is 0 Å². The maximum Gasteiger partial charge on any atom is 0.341 e. The highest BCUT2D eigenvalue weighted by Crippen LogP contribution is 2.33. The van der Waals surface area contributed by atoms with Crippen molar-refractivity contribution in [1.82, 2.24) is 9.78 Å². The molecule has 9 heteroatoms. The van der Waals surface area contributed by atoms with Crippen LogP contribution in [-0.2, 0) is 11.3 Å². The van der Waals surface area contributed by atoms with Gasteiger partial charge in [0.2, 0.25) is 0 Å². The Morgan fingerprint density at radius 3 is 2.63 bits per heavy atom. The van der Waals surface area contributed by atoms with Crippen LogP contribution in [0.4, 0.5) is 10.7 Å². The van der Waals surface area contributed by atoms with Crippen molar-refractivity contribution < 1.29 is 9.53 Å². The first-order valence-corrected chi connectivity index (χ1v) is 11.3. The number of carbonyl (C=O) groups excluding carboxylic acids is 1. The molecule has 0 unspecified atom stereocenters. The fourth-order valence-corrected chi connectivity index (χ4v) is 4.70. The molecule has 1 aromatic carbocycles. The minimum atomic E-state index is -0.375. The summed E-state index contributed by atoms with van der Waals surface area (Å²) in [5.41, 5.74) is 5.43. The topological polar surface area (TPSA) is 68.2 Å². The number of ether oxygens (including phenoxy) is 1. The predicted octanol–water partition coefficient (Wildman–Crippen LogP) is 5.58. The van der Waals surface area contributed by atoms with E-state index in [4.69, 9.17) is 17.0 Å². The molecule has 0 bridgehead atoms. The van der Waals surface area contributed by atoms with Gasteiger partial charge in [-0.25, -0.2) is 4.79 Å². The Hall–Kier alpha value is -2.23. The fourth-order valence-electron chi connectivity index (χ4n) is 3.08. The second-order valence-corrected chi connectivity index (χ2v) is 9.33. The Bertz CT molecular complexity index is 1120. The van der Waals surface area contributed by atoms with E-state index in [0.29, 0.717) is 22.2 Å². The lowest BCUT2D eigenvalue weighted by Gasteiger charge is -2.12. The summed E-state index contributed by atoms with van der Waals surface area (Å²) in [7, 11) is 1.38. The standard InChI is InChI=1S/C21H23BrN4O2S2/c1-11-14(4)30-19(17(11)20(27)28-5)24-21(29)23-16-8-6-7-15(9-16)10-26-13(3)18(22)12(2)25-26/h6-9H,10H2,1-5H3,(H2,23,24,29). The molecule has 0 radical (unpaired) electrons. The average Bonchev–Trinajstić information content (AvgIpc) is 3.11. The maximum absolute atomic E-state index is 12.1. The van der Waals surface area contributed by atoms with Crippen LogP contribution in [0.2, 0.25) is 0 Å². The zero-order chi connectivity index (χ0) is 22.0. The molecule has 30 heavy (non-hydrogen) atoms. The fraction of sp³-hybridized carbons (Fsp3) is 0.286. The zero-order valence-electron chi connectivity index (χ0n) is 17.4. The summed E-state index contributed by atoms with van der Waals surface area (Å²) >= 11 is 10.5. The number of nitrogens with one attached hydrogen (secondary N) is 2. The summed E-state index contributed by atoms with van der Waals surface area (Å²) in [5.74, 6) is -0.375. The molecule has 0 saturated heterocycles. The van der Waals surface area contributed by atoms with Gasteiger partial charge < -0.3 is 15.4 Å². The SMILES string of the molecule is COC(=O)c1c(NC(=S)Nc2cccc(Cn3nc(C)c(Br)c3C)c2)sc(C)c1C. The lowest BCUT2D eigenvalue weighted by Crippen LogP contribution is -2.20. The van der Waals surface area contributed by atoms with Gasteiger partial charge in [0.15, 0.2) is 5.11 Å². The Kier molecular flexibility index (Phi) is 6.95. The molecule has 0 aliphatic heterocycles. The molecule has 0 fully saturated rings. The first-order chi connectivity index (χ1) is 14.2. The molecule has 0 aliphatic rings. The molecule has 0 spiro atoms. The second kappa shape index (κ2) is 9.28. The number of thiocarbonyl (C=S) groups is 1. The van der Waals surface area contributed by atoms with E-state index < -0.39 is 0 Å². The van der Waals surface area contributed by atoms with Gasteiger partial charge in [-0.3, -0.25) is 4.68 Å². The van der Waals surface area contributed by atoms with Gasteiger partial charge >= 0.3 is 5.97 Å². The molecule has 2 N–H and O–H groups in total. The first-order valence-electron chi connectivity index (χ1n) is 9.26. The highest BCUT2D eigenvalue weighted by molar-refractivity contribution is 9.10. The molecular weight excluding hydrogens is 484 g/mol. The largest absolute Gasteiger partial charge is 0.465 e. The van der Waals surface area contributed by atoms with Gasteiger partial charge in [-0.2, -0.15) is 5.10 Å². The number of aromatic nitrogens is 2. The van der Waals surface area contributed by atoms with Gasteiger partial charge in [0.25, 0.3) is 0 Å². The number of hydrogen-bond acceptors (Lipinski definition) is 5. The van der Waals surface area contributed by atoms with Crippen molar-refractivity contribution >= 4 is 61.3 Å². The van der Waals surface area contributed by atoms with Gasteiger partial charge in [-0.15, -0.1) is 11.3 Å². The van der Waals surface area contributed by atoms with Gasteiger partial charge in [-0.05, 0) is 79.1 Å². The Morgan fingerprint density at radius 1 is 1.27 bits per heavy atom. The van der Waals surface area contributed by atoms with Crippen LogP contribution >= 0.6 is 39.5 Å². The Labute approximate surface area is 193 Å². The summed E-state index contributed by atoms with van der Waals surface area (Å²) in [6.45, 7) is 8.54. The third-order valence-corrected chi connectivity index (χ3v) is 7.29. The quantitative estimate of drug-likeness (QED) is 0.347. The predicted molar refractivity (Wildman–Crippen MR) is 130 cm³/mol. The molecule has 0 saturated carbocycles. The minimum absolute atomic E-state index is 0.375. The number of anilines is 2. The molecular formula is C21H23BrN4O2S2. The van der Waals surface area contributed by atoms with E-state index in [2.05, 4.69) is 31.7 Å². The van der Waals surface area contributed by atoms with Crippen LogP contribution in [0.25, 0.3) is 0 Å². The molecule has 158 valence electrons. The van der Waals surface area contributed by atoms with Crippen LogP contribution in [-0.4, -0.2) is 28.0 Å². The van der Waals surface area contributed by atoms with Crippen molar-refractivity contribution in [2.75, 3.05) is 17.7 Å². The van der Waals surface area contributed by atoms with Crippen LogP contribution in [0.15, 0.2) is 28.7 Å². The number of rotatable bonds is 5. The average molecular weight is 507 g/mol. The normalized spacial score (nSPS) is 10.7. The van der Waals surface area contributed by atoms with E-state index in [1.54, 1.807) is 0 Å². The van der Waals surface area contributed by atoms with Gasteiger partial charge in [-0.1, -0.05) is 12.1 Å². The smallest absolute Gasteiger partial charge is 0.341 e. The number of halogens is 1. The third kappa shape index (κ3) is 4.74. The maximum atomic E-state index is 12.1. The summed E-state index contributed by atoms with van der Waals surface area (Å²) < 4.78 is 7.92. The van der Waals surface area contributed by atoms with Crippen LogP contribution in [0.3, 0.4) is 0 Å². The van der Waals surface area contributed by atoms with E-state index >= 15 is 0 Å². The molecule has 3 aromatic rings. The van der Waals surface area contributed by atoms with Crippen LogP contribution in [0.1, 0.15) is 37.7 Å². The summed E-state index contributed by atoms with van der Waals surface area (Å²) in [6.07, 6.45) is 0. The zero-order valence-corrected chi connectivity index (χ0v) is 20.6.